The Morgan fingerprint density at radius 2 is 1.64 bits per heavy atom. The summed E-state index contributed by atoms with van der Waals surface area (Å²) in [6, 6.07) is 9.50. The molecule has 0 saturated carbocycles. The number of nitrogens with one attached hydrogen (secondary N) is 1. The minimum absolute atomic E-state index is 0. The standard InChI is InChI=1S/C16H11F4N.ClH/c17-13-5-6-14-11(9-21-15(14)8-13)7-10-1-3-12(4-2-10)16(18,19)20;/h1-6,8-9,21H,7H2;1H. The van der Waals surface area contributed by atoms with E-state index in [-0.39, 0.29) is 18.2 Å². The minimum atomic E-state index is -4.32. The van der Waals surface area contributed by atoms with Gasteiger partial charge >= 0.3 is 6.18 Å². The average Bonchev–Trinajstić information content (AvgIpc) is 2.80. The van der Waals surface area contributed by atoms with Crippen LogP contribution in [0, 0.1) is 5.82 Å². The summed E-state index contributed by atoms with van der Waals surface area (Å²) in [5.74, 6) is -0.328. The fourth-order valence-corrected chi connectivity index (χ4v) is 2.34. The lowest BCUT2D eigenvalue weighted by Gasteiger charge is -2.07. The van der Waals surface area contributed by atoms with Crippen LogP contribution in [0.15, 0.2) is 48.7 Å². The van der Waals surface area contributed by atoms with E-state index < -0.39 is 11.7 Å². The topological polar surface area (TPSA) is 15.8 Å². The molecular formula is C16H12ClF4N. The van der Waals surface area contributed by atoms with Crippen LogP contribution in [0.4, 0.5) is 17.6 Å². The van der Waals surface area contributed by atoms with Crippen molar-refractivity contribution < 1.29 is 17.6 Å². The minimum Gasteiger partial charge on any atom is -0.361 e. The molecule has 3 rings (SSSR count). The lowest BCUT2D eigenvalue weighted by Crippen LogP contribution is -2.04. The van der Waals surface area contributed by atoms with E-state index in [1.54, 1.807) is 12.3 Å². The number of hydrogen-bond acceptors (Lipinski definition) is 0. The lowest BCUT2D eigenvalue weighted by atomic mass is 10.0. The second kappa shape index (κ2) is 6.01. The molecule has 116 valence electrons. The zero-order valence-corrected chi connectivity index (χ0v) is 12.1. The third kappa shape index (κ3) is 3.25. The van der Waals surface area contributed by atoms with E-state index in [1.165, 1.54) is 24.3 Å². The number of alkyl halides is 3. The van der Waals surface area contributed by atoms with E-state index in [0.29, 0.717) is 11.9 Å². The largest absolute Gasteiger partial charge is 0.416 e. The number of aromatic nitrogens is 1. The molecule has 0 unspecified atom stereocenters. The maximum atomic E-state index is 13.1. The monoisotopic (exact) mass is 329 g/mol. The van der Waals surface area contributed by atoms with E-state index in [4.69, 9.17) is 0 Å². The first-order valence-corrected chi connectivity index (χ1v) is 6.35. The number of H-pyrrole nitrogens is 1. The van der Waals surface area contributed by atoms with Gasteiger partial charge in [0.2, 0.25) is 0 Å². The second-order valence-electron chi connectivity index (χ2n) is 4.88. The Morgan fingerprint density at radius 3 is 2.27 bits per heavy atom. The molecule has 0 spiro atoms. The van der Waals surface area contributed by atoms with Gasteiger partial charge in [-0.3, -0.25) is 0 Å². The van der Waals surface area contributed by atoms with Crippen molar-refractivity contribution in [1.29, 1.82) is 0 Å². The first-order valence-electron chi connectivity index (χ1n) is 6.35. The Morgan fingerprint density at radius 1 is 0.955 bits per heavy atom. The van der Waals surface area contributed by atoms with Gasteiger partial charge in [0, 0.05) is 17.1 Å². The molecule has 6 heteroatoms. The molecule has 0 aliphatic rings. The smallest absolute Gasteiger partial charge is 0.361 e. The number of hydrogen-bond donors (Lipinski definition) is 1. The van der Waals surface area contributed by atoms with E-state index >= 15 is 0 Å². The molecule has 3 aromatic rings. The van der Waals surface area contributed by atoms with E-state index in [2.05, 4.69) is 4.98 Å². The van der Waals surface area contributed by atoms with Gasteiger partial charge in [0.1, 0.15) is 5.82 Å². The van der Waals surface area contributed by atoms with E-state index in [9.17, 15) is 17.6 Å². The molecule has 0 bridgehead atoms. The van der Waals surface area contributed by atoms with Crippen LogP contribution in [0.5, 0.6) is 0 Å². The molecule has 2 aromatic carbocycles. The molecule has 0 aliphatic carbocycles. The fourth-order valence-electron chi connectivity index (χ4n) is 2.34. The summed E-state index contributed by atoms with van der Waals surface area (Å²) in [6.45, 7) is 0. The van der Waals surface area contributed by atoms with Gasteiger partial charge < -0.3 is 4.98 Å². The maximum absolute atomic E-state index is 13.1. The van der Waals surface area contributed by atoms with Crippen LogP contribution in [0.25, 0.3) is 10.9 Å². The first-order chi connectivity index (χ1) is 9.93. The van der Waals surface area contributed by atoms with Gasteiger partial charge in [-0.2, -0.15) is 13.2 Å². The summed E-state index contributed by atoms with van der Waals surface area (Å²) in [4.78, 5) is 2.96. The fraction of sp³-hybridized carbons (Fsp3) is 0.125. The highest BCUT2D eigenvalue weighted by molar-refractivity contribution is 5.85. The first kappa shape index (κ1) is 16.4. The SMILES string of the molecule is Cl.Fc1ccc2c(Cc3ccc(C(F)(F)F)cc3)c[nH]c2c1. The van der Waals surface area contributed by atoms with Crippen LogP contribution in [0.1, 0.15) is 16.7 Å². The Kier molecular flexibility index (Phi) is 4.47. The van der Waals surface area contributed by atoms with Gasteiger partial charge in [0.25, 0.3) is 0 Å². The zero-order valence-electron chi connectivity index (χ0n) is 11.2. The molecule has 22 heavy (non-hydrogen) atoms. The molecule has 0 amide bonds. The van der Waals surface area contributed by atoms with Crippen molar-refractivity contribution in [2.75, 3.05) is 0 Å². The van der Waals surface area contributed by atoms with Crippen molar-refractivity contribution in [2.45, 2.75) is 12.6 Å². The summed E-state index contributed by atoms with van der Waals surface area (Å²) < 4.78 is 50.6. The number of fused-ring (bicyclic) bond motifs is 1. The highest BCUT2D eigenvalue weighted by Crippen LogP contribution is 2.29. The predicted molar refractivity (Wildman–Crippen MR) is 79.8 cm³/mol. The summed E-state index contributed by atoms with van der Waals surface area (Å²) in [6.07, 6.45) is -2.08. The van der Waals surface area contributed by atoms with Crippen molar-refractivity contribution in [1.82, 2.24) is 4.98 Å². The number of rotatable bonds is 2. The van der Waals surface area contributed by atoms with Gasteiger partial charge in [-0.15, -0.1) is 12.4 Å². The second-order valence-corrected chi connectivity index (χ2v) is 4.88. The number of benzene rings is 2. The average molecular weight is 330 g/mol. The highest BCUT2D eigenvalue weighted by Gasteiger charge is 2.29. The van der Waals surface area contributed by atoms with Crippen molar-refractivity contribution in [3.63, 3.8) is 0 Å². The summed E-state index contributed by atoms with van der Waals surface area (Å²) in [5.41, 5.74) is 1.71. The molecule has 0 aliphatic heterocycles. The Hall–Kier alpha value is -2.01. The van der Waals surface area contributed by atoms with Crippen LogP contribution in [-0.4, -0.2) is 4.98 Å². The highest BCUT2D eigenvalue weighted by atomic mass is 35.5. The predicted octanol–water partition coefficient (Wildman–Crippen LogP) is 5.34. The molecule has 0 saturated heterocycles. The summed E-state index contributed by atoms with van der Waals surface area (Å²) in [7, 11) is 0. The molecule has 1 aromatic heterocycles. The Balaban J connectivity index is 0.00000176. The van der Waals surface area contributed by atoms with Crippen molar-refractivity contribution in [3.05, 3.63) is 71.2 Å². The van der Waals surface area contributed by atoms with Crippen molar-refractivity contribution >= 4 is 23.3 Å². The number of aromatic amines is 1. The lowest BCUT2D eigenvalue weighted by molar-refractivity contribution is -0.137. The van der Waals surface area contributed by atoms with E-state index in [0.717, 1.165) is 28.6 Å². The molecule has 0 fully saturated rings. The summed E-state index contributed by atoms with van der Waals surface area (Å²) >= 11 is 0. The van der Waals surface area contributed by atoms with E-state index in [1.807, 2.05) is 0 Å². The van der Waals surface area contributed by atoms with Crippen LogP contribution >= 0.6 is 12.4 Å². The summed E-state index contributed by atoms with van der Waals surface area (Å²) in [5, 5.41) is 0.872. The molecule has 0 radical (unpaired) electrons. The molecule has 0 atom stereocenters. The normalized spacial score (nSPS) is 11.5. The van der Waals surface area contributed by atoms with Crippen molar-refractivity contribution in [3.8, 4) is 0 Å². The molecule has 1 nitrogen and oxygen atoms in total. The van der Waals surface area contributed by atoms with Gasteiger partial charge in [-0.25, -0.2) is 4.39 Å². The quantitative estimate of drug-likeness (QED) is 0.611. The third-order valence-electron chi connectivity index (χ3n) is 3.41. The Labute approximate surface area is 130 Å². The molecule has 1 heterocycles. The van der Waals surface area contributed by atoms with Gasteiger partial charge in [0.05, 0.1) is 5.56 Å². The van der Waals surface area contributed by atoms with Crippen LogP contribution in [0.2, 0.25) is 0 Å². The van der Waals surface area contributed by atoms with Crippen molar-refractivity contribution in [2.24, 2.45) is 0 Å². The number of halogens is 5. The van der Waals surface area contributed by atoms with Gasteiger partial charge in [0.15, 0.2) is 0 Å². The van der Waals surface area contributed by atoms with Crippen LogP contribution in [0.3, 0.4) is 0 Å². The maximum Gasteiger partial charge on any atom is 0.416 e. The third-order valence-corrected chi connectivity index (χ3v) is 3.41. The molecule has 1 N–H and O–H groups in total. The zero-order chi connectivity index (χ0) is 15.0. The van der Waals surface area contributed by atoms with Gasteiger partial charge in [-0.1, -0.05) is 12.1 Å². The Bertz CT molecular complexity index is 775. The van der Waals surface area contributed by atoms with Gasteiger partial charge in [-0.05, 0) is 47.9 Å². The van der Waals surface area contributed by atoms with Crippen LogP contribution in [-0.2, 0) is 12.6 Å². The molecular weight excluding hydrogens is 318 g/mol. The van der Waals surface area contributed by atoms with Crippen LogP contribution < -0.4 is 0 Å².